The number of nitrogens with zero attached hydrogens (tertiary/aromatic N) is 2. The van der Waals surface area contributed by atoms with Crippen molar-refractivity contribution in [3.8, 4) is 22.8 Å². The predicted octanol–water partition coefficient (Wildman–Crippen LogP) is 4.61. The summed E-state index contributed by atoms with van der Waals surface area (Å²) in [4.78, 5) is 32.9. The standard InChI is InChI=1S/C39H43N5O8S2/c1-51-28-18-19-30-33(21-28)41-32(26-13-7-6-8-14-26)23-35(30)52-29-22-34(44(25-29)53(2,47)48)37(45)42-39-24-27(39)15-9-4-3-5-12-20-40-31-16-10-11-17-36(31)54(49,50)43-38(39)46/h6-11,13-19,21,23,27,29,34,40H,3-5,12,20,22,24-25H2,1-2H3,(H,42,45)(H,43,46)/t27-,29-,34+,39-/m1/s1. The first kappa shape index (κ1) is 37.3. The van der Waals surface area contributed by atoms with E-state index in [2.05, 4.69) is 15.4 Å². The Balaban J connectivity index is 1.17. The fraction of sp³-hybridized carbons (Fsp3) is 0.359. The Labute approximate surface area is 315 Å². The fourth-order valence-electron chi connectivity index (χ4n) is 7.24. The van der Waals surface area contributed by atoms with E-state index < -0.39 is 55.5 Å². The minimum absolute atomic E-state index is 0.0188. The van der Waals surface area contributed by atoms with Gasteiger partial charge in [-0.15, -0.1) is 0 Å². The second kappa shape index (κ2) is 15.0. The lowest BCUT2D eigenvalue weighted by Gasteiger charge is -2.25. The number of hydrogen-bond donors (Lipinski definition) is 3. The van der Waals surface area contributed by atoms with Gasteiger partial charge in [0.1, 0.15) is 34.1 Å². The van der Waals surface area contributed by atoms with Gasteiger partial charge in [-0.25, -0.2) is 26.5 Å². The van der Waals surface area contributed by atoms with Gasteiger partial charge in [0.25, 0.3) is 15.9 Å². The van der Waals surface area contributed by atoms with Crippen molar-refractivity contribution >= 4 is 48.5 Å². The molecule has 2 fully saturated rings. The first-order chi connectivity index (χ1) is 25.9. The van der Waals surface area contributed by atoms with Crippen molar-refractivity contribution in [1.82, 2.24) is 19.3 Å². The van der Waals surface area contributed by atoms with Crippen LogP contribution in [0.3, 0.4) is 0 Å². The number of ether oxygens (including phenoxy) is 2. The number of aromatic nitrogens is 1. The zero-order valence-corrected chi connectivity index (χ0v) is 31.7. The third-order valence-corrected chi connectivity index (χ3v) is 12.8. The minimum atomic E-state index is -4.35. The number of hydrogen-bond acceptors (Lipinski definition) is 10. The first-order valence-electron chi connectivity index (χ1n) is 17.9. The van der Waals surface area contributed by atoms with Gasteiger partial charge in [0.05, 0.1) is 36.8 Å². The molecule has 4 atom stereocenters. The lowest BCUT2D eigenvalue weighted by Crippen LogP contribution is -2.56. The molecule has 2 aliphatic heterocycles. The number of sulfonamides is 2. The van der Waals surface area contributed by atoms with E-state index in [1.807, 2.05) is 48.6 Å². The van der Waals surface area contributed by atoms with Crippen LogP contribution in [0.5, 0.6) is 11.5 Å². The molecule has 0 unspecified atom stereocenters. The zero-order valence-electron chi connectivity index (χ0n) is 30.0. The van der Waals surface area contributed by atoms with Gasteiger partial charge >= 0.3 is 0 Å². The SMILES string of the molecule is COc1ccc2c(O[C@@H]3C[C@@H](C(=O)N[C@]45C[C@H]4C=CCCCCCNc4ccccc4S(=O)(=O)NC5=O)N(S(C)(=O)=O)C3)cc(-c3ccccc3)nc2c1. The summed E-state index contributed by atoms with van der Waals surface area (Å²) < 4.78 is 68.8. The van der Waals surface area contributed by atoms with Crippen LogP contribution in [0.15, 0.2) is 95.9 Å². The average molecular weight is 774 g/mol. The Bertz CT molecular complexity index is 2320. The van der Waals surface area contributed by atoms with Crippen molar-refractivity contribution in [2.24, 2.45) is 5.92 Å². The fourth-order valence-corrected chi connectivity index (χ4v) is 9.55. The van der Waals surface area contributed by atoms with Crippen molar-refractivity contribution in [3.05, 3.63) is 91.0 Å². The van der Waals surface area contributed by atoms with Gasteiger partial charge in [0.2, 0.25) is 15.9 Å². The van der Waals surface area contributed by atoms with E-state index in [1.54, 1.807) is 43.5 Å². The van der Waals surface area contributed by atoms with Crippen LogP contribution in [0.1, 0.15) is 38.5 Å². The van der Waals surface area contributed by atoms with Crippen LogP contribution in [0.2, 0.25) is 0 Å². The molecule has 4 aromatic rings. The highest BCUT2D eigenvalue weighted by Crippen LogP contribution is 2.46. The number of anilines is 1. The third-order valence-electron chi connectivity index (χ3n) is 10.2. The molecule has 284 valence electrons. The summed E-state index contributed by atoms with van der Waals surface area (Å²) in [5, 5.41) is 6.65. The van der Waals surface area contributed by atoms with Crippen molar-refractivity contribution in [2.75, 3.05) is 31.8 Å². The molecule has 1 saturated carbocycles. The number of fused-ring (bicyclic) bond motifs is 3. The highest BCUT2D eigenvalue weighted by molar-refractivity contribution is 7.90. The zero-order chi connectivity index (χ0) is 38.1. The van der Waals surface area contributed by atoms with E-state index in [0.29, 0.717) is 40.3 Å². The quantitative estimate of drug-likeness (QED) is 0.225. The monoisotopic (exact) mass is 773 g/mol. The van der Waals surface area contributed by atoms with E-state index in [0.717, 1.165) is 41.8 Å². The normalized spacial score (nSPS) is 24.5. The summed E-state index contributed by atoms with van der Waals surface area (Å²) >= 11 is 0. The summed E-state index contributed by atoms with van der Waals surface area (Å²) in [5.41, 5.74) is 0.854. The summed E-state index contributed by atoms with van der Waals surface area (Å²) in [6.45, 7) is 0.439. The molecule has 0 bridgehead atoms. The number of pyridine rings is 1. The number of nitrogens with one attached hydrogen (secondary N) is 3. The Morgan fingerprint density at radius 2 is 1.80 bits per heavy atom. The topological polar surface area (TPSA) is 173 Å². The molecule has 1 aliphatic carbocycles. The van der Waals surface area contributed by atoms with E-state index in [9.17, 15) is 26.4 Å². The van der Waals surface area contributed by atoms with Crippen LogP contribution >= 0.6 is 0 Å². The molecule has 3 N–H and O–H groups in total. The second-order valence-electron chi connectivity index (χ2n) is 14.0. The van der Waals surface area contributed by atoms with Crippen molar-refractivity contribution in [3.63, 3.8) is 0 Å². The third kappa shape index (κ3) is 7.79. The van der Waals surface area contributed by atoms with Crippen molar-refractivity contribution in [2.45, 2.75) is 61.1 Å². The molecule has 0 radical (unpaired) electrons. The number of allylic oxidation sites excluding steroid dienone is 1. The molecular formula is C39H43N5O8S2. The maximum Gasteiger partial charge on any atom is 0.266 e. The number of carbonyl (C=O) groups is 2. The van der Waals surface area contributed by atoms with Gasteiger partial charge in [-0.3, -0.25) is 9.59 Å². The Kier molecular flexibility index (Phi) is 10.4. The lowest BCUT2D eigenvalue weighted by molar-refractivity contribution is -0.131. The molecule has 13 nitrogen and oxygen atoms in total. The summed E-state index contributed by atoms with van der Waals surface area (Å²) in [5.74, 6) is -1.05. The van der Waals surface area contributed by atoms with Crippen LogP contribution in [0.25, 0.3) is 22.2 Å². The number of methoxy groups -OCH3 is 1. The Hall–Kier alpha value is -4.99. The molecule has 7 rings (SSSR count). The van der Waals surface area contributed by atoms with Crippen LogP contribution < -0.4 is 24.8 Å². The maximum atomic E-state index is 14.2. The summed E-state index contributed by atoms with van der Waals surface area (Å²) in [6, 6.07) is 21.8. The average Bonchev–Trinajstić information content (AvgIpc) is 3.67. The maximum absolute atomic E-state index is 14.2. The van der Waals surface area contributed by atoms with Crippen LogP contribution in [-0.2, 0) is 29.6 Å². The number of rotatable bonds is 7. The molecule has 1 aromatic heterocycles. The molecule has 3 heterocycles. The highest BCUT2D eigenvalue weighted by Gasteiger charge is 2.61. The predicted molar refractivity (Wildman–Crippen MR) is 205 cm³/mol. The van der Waals surface area contributed by atoms with Gasteiger partial charge in [0.15, 0.2) is 0 Å². The molecule has 2 amide bonds. The number of para-hydroxylation sites is 1. The van der Waals surface area contributed by atoms with Crippen molar-refractivity contribution in [1.29, 1.82) is 0 Å². The van der Waals surface area contributed by atoms with Crippen LogP contribution in [-0.4, -0.2) is 82.1 Å². The van der Waals surface area contributed by atoms with Gasteiger partial charge in [0, 0.05) is 42.0 Å². The van der Waals surface area contributed by atoms with Gasteiger partial charge < -0.3 is 20.1 Å². The van der Waals surface area contributed by atoms with Crippen LogP contribution in [0.4, 0.5) is 5.69 Å². The highest BCUT2D eigenvalue weighted by atomic mass is 32.2. The molecule has 1 saturated heterocycles. The molecule has 54 heavy (non-hydrogen) atoms. The van der Waals surface area contributed by atoms with E-state index >= 15 is 0 Å². The number of benzene rings is 3. The van der Waals surface area contributed by atoms with Gasteiger partial charge in [-0.1, -0.05) is 61.0 Å². The van der Waals surface area contributed by atoms with Crippen LogP contribution in [0, 0.1) is 5.92 Å². The lowest BCUT2D eigenvalue weighted by atomic mass is 10.1. The van der Waals surface area contributed by atoms with E-state index in [1.165, 1.54) is 6.07 Å². The van der Waals surface area contributed by atoms with Gasteiger partial charge in [-0.2, -0.15) is 4.31 Å². The molecule has 3 aromatic carbocycles. The number of carbonyl (C=O) groups excluding carboxylic acids is 2. The molecule has 0 spiro atoms. The molecule has 15 heteroatoms. The second-order valence-corrected chi connectivity index (χ2v) is 17.6. The van der Waals surface area contributed by atoms with Crippen molar-refractivity contribution < 1.29 is 35.9 Å². The Morgan fingerprint density at radius 3 is 2.57 bits per heavy atom. The summed E-state index contributed by atoms with van der Waals surface area (Å²) in [7, 11) is -6.72. The van der Waals surface area contributed by atoms with E-state index in [-0.39, 0.29) is 24.3 Å². The van der Waals surface area contributed by atoms with E-state index in [4.69, 9.17) is 14.5 Å². The number of amides is 2. The van der Waals surface area contributed by atoms with Gasteiger partial charge in [-0.05, 0) is 49.9 Å². The Morgan fingerprint density at radius 1 is 1.02 bits per heavy atom. The summed E-state index contributed by atoms with van der Waals surface area (Å²) in [6.07, 6.45) is 7.59. The minimum Gasteiger partial charge on any atom is -0.497 e. The first-order valence-corrected chi connectivity index (χ1v) is 21.3. The molecule has 3 aliphatic rings. The largest absolute Gasteiger partial charge is 0.497 e. The molecular weight excluding hydrogens is 731 g/mol. The smallest absolute Gasteiger partial charge is 0.266 e.